The van der Waals surface area contributed by atoms with Gasteiger partial charge >= 0.3 is 0 Å². The number of nitrogens with one attached hydrogen (secondary N) is 1. The van der Waals surface area contributed by atoms with E-state index in [9.17, 15) is 4.79 Å². The summed E-state index contributed by atoms with van der Waals surface area (Å²) in [6, 6.07) is 18.2. The fraction of sp³-hybridized carbons (Fsp3) is 0.100. The SMILES string of the molecule is CCc1ccc2nc(NC(=O)c3sccc3-c3ccccc3)sc2c1. The maximum Gasteiger partial charge on any atom is 0.268 e. The molecule has 0 aliphatic rings. The molecule has 0 atom stereocenters. The molecule has 4 rings (SSSR count). The van der Waals surface area contributed by atoms with Crippen LogP contribution in [0.25, 0.3) is 21.3 Å². The first kappa shape index (κ1) is 16.0. The van der Waals surface area contributed by atoms with Crippen molar-refractivity contribution >= 4 is 43.9 Å². The number of hydrogen-bond acceptors (Lipinski definition) is 4. The molecule has 1 N–H and O–H groups in total. The smallest absolute Gasteiger partial charge is 0.268 e. The van der Waals surface area contributed by atoms with E-state index in [-0.39, 0.29) is 5.91 Å². The number of amides is 1. The highest BCUT2D eigenvalue weighted by molar-refractivity contribution is 7.22. The number of fused-ring (bicyclic) bond motifs is 1. The Labute approximate surface area is 154 Å². The van der Waals surface area contributed by atoms with Crippen LogP contribution in [0.4, 0.5) is 5.13 Å². The first-order chi connectivity index (χ1) is 12.2. The molecule has 2 aromatic heterocycles. The van der Waals surface area contributed by atoms with Crippen molar-refractivity contribution in [3.8, 4) is 11.1 Å². The molecule has 4 aromatic rings. The van der Waals surface area contributed by atoms with Crippen molar-refractivity contribution in [2.24, 2.45) is 0 Å². The Bertz CT molecular complexity index is 1030. The monoisotopic (exact) mass is 364 g/mol. The van der Waals surface area contributed by atoms with Crippen LogP contribution in [-0.2, 0) is 6.42 Å². The van der Waals surface area contributed by atoms with Crippen molar-refractivity contribution in [2.45, 2.75) is 13.3 Å². The zero-order chi connectivity index (χ0) is 17.2. The number of rotatable bonds is 4. The second-order valence-corrected chi connectivity index (χ2v) is 7.60. The topological polar surface area (TPSA) is 42.0 Å². The Kier molecular flexibility index (Phi) is 4.34. The van der Waals surface area contributed by atoms with E-state index in [0.717, 1.165) is 27.8 Å². The highest BCUT2D eigenvalue weighted by atomic mass is 32.1. The second kappa shape index (κ2) is 6.78. The molecule has 25 heavy (non-hydrogen) atoms. The van der Waals surface area contributed by atoms with E-state index < -0.39 is 0 Å². The number of thiophene rings is 1. The van der Waals surface area contributed by atoms with Gasteiger partial charge in [-0.25, -0.2) is 4.98 Å². The van der Waals surface area contributed by atoms with Crippen molar-refractivity contribution in [3.05, 3.63) is 70.4 Å². The quantitative estimate of drug-likeness (QED) is 0.494. The molecule has 0 unspecified atom stereocenters. The number of hydrogen-bond donors (Lipinski definition) is 1. The van der Waals surface area contributed by atoms with Gasteiger partial charge < -0.3 is 0 Å². The lowest BCUT2D eigenvalue weighted by Crippen LogP contribution is -2.10. The van der Waals surface area contributed by atoms with Gasteiger partial charge in [-0.3, -0.25) is 10.1 Å². The number of benzene rings is 2. The van der Waals surface area contributed by atoms with Crippen LogP contribution < -0.4 is 5.32 Å². The van der Waals surface area contributed by atoms with Crippen molar-refractivity contribution in [2.75, 3.05) is 5.32 Å². The molecular weight excluding hydrogens is 348 g/mol. The number of aromatic nitrogens is 1. The molecular formula is C20H16N2OS2. The lowest BCUT2D eigenvalue weighted by atomic mass is 10.1. The highest BCUT2D eigenvalue weighted by Crippen LogP contribution is 2.31. The number of carbonyl (C=O) groups is 1. The van der Waals surface area contributed by atoms with Crippen LogP contribution in [0.15, 0.2) is 60.0 Å². The highest BCUT2D eigenvalue weighted by Gasteiger charge is 2.16. The number of nitrogens with zero attached hydrogens (tertiary/aromatic N) is 1. The van der Waals surface area contributed by atoms with E-state index in [1.165, 1.54) is 28.2 Å². The first-order valence-corrected chi connectivity index (χ1v) is 9.78. The molecule has 0 fully saturated rings. The maximum atomic E-state index is 12.7. The lowest BCUT2D eigenvalue weighted by Gasteiger charge is -2.03. The van der Waals surface area contributed by atoms with Crippen LogP contribution in [0.5, 0.6) is 0 Å². The predicted octanol–water partition coefficient (Wildman–Crippen LogP) is 5.84. The molecule has 1 amide bonds. The third kappa shape index (κ3) is 3.21. The van der Waals surface area contributed by atoms with E-state index in [1.54, 1.807) is 0 Å². The third-order valence-corrected chi connectivity index (χ3v) is 5.88. The van der Waals surface area contributed by atoms with E-state index in [0.29, 0.717) is 10.0 Å². The Morgan fingerprint density at radius 1 is 1.12 bits per heavy atom. The molecule has 124 valence electrons. The molecule has 0 aliphatic carbocycles. The van der Waals surface area contributed by atoms with Crippen molar-refractivity contribution < 1.29 is 4.79 Å². The van der Waals surface area contributed by atoms with E-state index in [2.05, 4.69) is 29.4 Å². The van der Waals surface area contributed by atoms with Crippen molar-refractivity contribution in [3.63, 3.8) is 0 Å². The summed E-state index contributed by atoms with van der Waals surface area (Å²) in [6.45, 7) is 2.13. The molecule has 0 saturated heterocycles. The Balaban J connectivity index is 1.62. The van der Waals surface area contributed by atoms with Gasteiger partial charge in [0.15, 0.2) is 5.13 Å². The Hall–Kier alpha value is -2.50. The van der Waals surface area contributed by atoms with Crippen molar-refractivity contribution in [1.29, 1.82) is 0 Å². The summed E-state index contributed by atoms with van der Waals surface area (Å²) in [5, 5.41) is 5.55. The molecule has 0 bridgehead atoms. The summed E-state index contributed by atoms with van der Waals surface area (Å²) in [5.41, 5.74) is 4.20. The molecule has 3 nitrogen and oxygen atoms in total. The Morgan fingerprint density at radius 2 is 1.96 bits per heavy atom. The van der Waals surface area contributed by atoms with Gasteiger partial charge in [-0.15, -0.1) is 11.3 Å². The summed E-state index contributed by atoms with van der Waals surface area (Å²) in [6.07, 6.45) is 0.991. The largest absolute Gasteiger partial charge is 0.297 e. The van der Waals surface area contributed by atoms with Crippen LogP contribution in [0.3, 0.4) is 0 Å². The molecule has 0 aliphatic heterocycles. The van der Waals surface area contributed by atoms with Crippen LogP contribution >= 0.6 is 22.7 Å². The summed E-state index contributed by atoms with van der Waals surface area (Å²) >= 11 is 2.97. The molecule has 2 aromatic carbocycles. The molecule has 0 radical (unpaired) electrons. The van der Waals surface area contributed by atoms with Crippen LogP contribution in [0, 0.1) is 0 Å². The van der Waals surface area contributed by atoms with Gasteiger partial charge in [0.1, 0.15) is 4.88 Å². The molecule has 2 heterocycles. The average Bonchev–Trinajstić information content (AvgIpc) is 3.28. The average molecular weight is 364 g/mol. The minimum atomic E-state index is -0.108. The van der Waals surface area contributed by atoms with Gasteiger partial charge in [-0.05, 0) is 41.1 Å². The first-order valence-electron chi connectivity index (χ1n) is 8.08. The summed E-state index contributed by atoms with van der Waals surface area (Å²) < 4.78 is 1.10. The van der Waals surface area contributed by atoms with Gasteiger partial charge in [0.2, 0.25) is 0 Å². The standard InChI is InChI=1S/C20H16N2OS2/c1-2-13-8-9-16-17(12-13)25-20(21-16)22-19(23)18-15(10-11-24-18)14-6-4-3-5-7-14/h3-12H,2H2,1H3,(H,21,22,23). The van der Waals surface area contributed by atoms with Crippen molar-refractivity contribution in [1.82, 2.24) is 4.98 Å². The zero-order valence-electron chi connectivity index (χ0n) is 13.7. The lowest BCUT2D eigenvalue weighted by molar-refractivity contribution is 0.103. The van der Waals surface area contributed by atoms with Gasteiger partial charge in [-0.1, -0.05) is 54.7 Å². The fourth-order valence-corrected chi connectivity index (χ4v) is 4.46. The summed E-state index contributed by atoms with van der Waals surface area (Å²) in [7, 11) is 0. The van der Waals surface area contributed by atoms with Crippen LogP contribution in [0.1, 0.15) is 22.2 Å². The van der Waals surface area contributed by atoms with E-state index in [1.807, 2.05) is 47.8 Å². The number of carbonyl (C=O) groups excluding carboxylic acids is 1. The van der Waals surface area contributed by atoms with E-state index >= 15 is 0 Å². The summed E-state index contributed by atoms with van der Waals surface area (Å²) in [5.74, 6) is -0.108. The summed E-state index contributed by atoms with van der Waals surface area (Å²) in [4.78, 5) is 18.0. The predicted molar refractivity (Wildman–Crippen MR) is 107 cm³/mol. The van der Waals surface area contributed by atoms with Gasteiger partial charge in [0, 0.05) is 5.56 Å². The minimum absolute atomic E-state index is 0.108. The molecule has 0 saturated carbocycles. The van der Waals surface area contributed by atoms with Gasteiger partial charge in [0.25, 0.3) is 5.91 Å². The normalized spacial score (nSPS) is 10.9. The second-order valence-electron chi connectivity index (χ2n) is 5.66. The fourth-order valence-electron chi connectivity index (χ4n) is 2.73. The van der Waals surface area contributed by atoms with Crippen LogP contribution in [-0.4, -0.2) is 10.9 Å². The zero-order valence-corrected chi connectivity index (χ0v) is 15.3. The van der Waals surface area contributed by atoms with Gasteiger partial charge in [-0.2, -0.15) is 0 Å². The minimum Gasteiger partial charge on any atom is -0.297 e. The van der Waals surface area contributed by atoms with E-state index in [4.69, 9.17) is 0 Å². The number of anilines is 1. The molecule has 0 spiro atoms. The number of thiazole rings is 1. The van der Waals surface area contributed by atoms with Crippen LogP contribution in [0.2, 0.25) is 0 Å². The molecule has 5 heteroatoms. The Morgan fingerprint density at radius 3 is 2.76 bits per heavy atom. The van der Waals surface area contributed by atoms with Gasteiger partial charge in [0.05, 0.1) is 10.2 Å². The third-order valence-electron chi connectivity index (χ3n) is 4.04. The maximum absolute atomic E-state index is 12.7. The number of aryl methyl sites for hydroxylation is 1.